The molecule has 1 aromatic rings. The van der Waals surface area contributed by atoms with Gasteiger partial charge in [0.2, 0.25) is 0 Å². The Kier molecular flexibility index (Phi) is 3.61. The summed E-state index contributed by atoms with van der Waals surface area (Å²) in [4.78, 5) is 12.1. The second-order valence-corrected chi connectivity index (χ2v) is 7.99. The van der Waals surface area contributed by atoms with E-state index in [2.05, 4.69) is 5.32 Å². The zero-order chi connectivity index (χ0) is 15.3. The number of rotatable bonds is 5. The third-order valence-electron chi connectivity index (χ3n) is 3.94. The fourth-order valence-electron chi connectivity index (χ4n) is 2.27. The standard InChI is InChI=1S/C16H19Cl2NO2/c1-15(2,14(20)19-11-5-6-11)21-12-7-3-10(4-8-12)13-9-16(13,17)18/h3-4,7-8,11,13H,5-6,9H2,1-2H3,(H,19,20)/t13-/m1/s1. The topological polar surface area (TPSA) is 38.3 Å². The van der Waals surface area contributed by atoms with Crippen LogP contribution in [0.5, 0.6) is 5.75 Å². The minimum absolute atomic E-state index is 0.0724. The Balaban J connectivity index is 1.62. The van der Waals surface area contributed by atoms with Crippen molar-refractivity contribution in [2.24, 2.45) is 0 Å². The van der Waals surface area contributed by atoms with Gasteiger partial charge in [-0.25, -0.2) is 0 Å². The van der Waals surface area contributed by atoms with Crippen molar-refractivity contribution < 1.29 is 9.53 Å². The van der Waals surface area contributed by atoms with Crippen molar-refractivity contribution in [3.8, 4) is 5.75 Å². The van der Waals surface area contributed by atoms with Crippen LogP contribution in [-0.2, 0) is 4.79 Å². The first-order valence-corrected chi connectivity index (χ1v) is 8.01. The maximum atomic E-state index is 12.1. The van der Waals surface area contributed by atoms with Crippen LogP contribution in [0.15, 0.2) is 24.3 Å². The molecule has 1 atom stereocenters. The van der Waals surface area contributed by atoms with Crippen LogP contribution < -0.4 is 10.1 Å². The number of halogens is 2. The SMILES string of the molecule is CC(C)(Oc1ccc([C@H]2CC2(Cl)Cl)cc1)C(=O)NC1CC1. The van der Waals surface area contributed by atoms with E-state index in [1.54, 1.807) is 13.8 Å². The average Bonchev–Trinajstić information content (AvgIpc) is 3.29. The highest BCUT2D eigenvalue weighted by Crippen LogP contribution is 2.59. The summed E-state index contributed by atoms with van der Waals surface area (Å²) in [5.74, 6) is 0.794. The van der Waals surface area contributed by atoms with E-state index in [9.17, 15) is 4.79 Å². The van der Waals surface area contributed by atoms with E-state index < -0.39 is 9.93 Å². The summed E-state index contributed by atoms with van der Waals surface area (Å²) < 4.78 is 5.20. The van der Waals surface area contributed by atoms with E-state index in [1.165, 1.54) is 0 Å². The summed E-state index contributed by atoms with van der Waals surface area (Å²) >= 11 is 12.1. The predicted molar refractivity (Wildman–Crippen MR) is 84.1 cm³/mol. The Morgan fingerprint density at radius 3 is 2.33 bits per heavy atom. The lowest BCUT2D eigenvalue weighted by Gasteiger charge is -2.25. The molecule has 114 valence electrons. The number of benzene rings is 1. The summed E-state index contributed by atoms with van der Waals surface area (Å²) in [6.07, 6.45) is 2.92. The third kappa shape index (κ3) is 3.46. The number of alkyl halides is 2. The quantitative estimate of drug-likeness (QED) is 0.835. The molecule has 21 heavy (non-hydrogen) atoms. The number of nitrogens with one attached hydrogen (secondary N) is 1. The number of hydrogen-bond donors (Lipinski definition) is 1. The normalized spacial score (nSPS) is 23.5. The minimum Gasteiger partial charge on any atom is -0.478 e. The second-order valence-electron chi connectivity index (χ2n) is 6.45. The molecule has 0 heterocycles. The van der Waals surface area contributed by atoms with E-state index >= 15 is 0 Å². The largest absolute Gasteiger partial charge is 0.478 e. The van der Waals surface area contributed by atoms with Gasteiger partial charge in [0.15, 0.2) is 5.60 Å². The lowest BCUT2D eigenvalue weighted by Crippen LogP contribution is -2.47. The highest BCUT2D eigenvalue weighted by molar-refractivity contribution is 6.51. The lowest BCUT2D eigenvalue weighted by molar-refractivity contribution is -0.134. The predicted octanol–water partition coefficient (Wildman–Crippen LogP) is 3.78. The molecule has 0 saturated heterocycles. The maximum absolute atomic E-state index is 12.1. The molecule has 0 radical (unpaired) electrons. The molecule has 3 rings (SSSR count). The Bertz CT molecular complexity index is 550. The first-order chi connectivity index (χ1) is 9.78. The summed E-state index contributed by atoms with van der Waals surface area (Å²) in [7, 11) is 0. The second kappa shape index (κ2) is 5.06. The molecule has 1 N–H and O–H groups in total. The smallest absolute Gasteiger partial charge is 0.263 e. The molecule has 1 amide bonds. The van der Waals surface area contributed by atoms with E-state index in [4.69, 9.17) is 27.9 Å². The zero-order valence-corrected chi connectivity index (χ0v) is 13.7. The molecule has 0 spiro atoms. The molecular formula is C16H19Cl2NO2. The zero-order valence-electron chi connectivity index (χ0n) is 12.2. The van der Waals surface area contributed by atoms with Crippen LogP contribution in [0.4, 0.5) is 0 Å². The van der Waals surface area contributed by atoms with Gasteiger partial charge >= 0.3 is 0 Å². The van der Waals surface area contributed by atoms with Gasteiger partial charge in [0.25, 0.3) is 5.91 Å². The average molecular weight is 328 g/mol. The summed E-state index contributed by atoms with van der Waals surface area (Å²) in [5.41, 5.74) is 0.222. The van der Waals surface area contributed by atoms with Gasteiger partial charge < -0.3 is 10.1 Å². The molecule has 3 nitrogen and oxygen atoms in total. The van der Waals surface area contributed by atoms with Gasteiger partial charge in [-0.05, 0) is 50.8 Å². The van der Waals surface area contributed by atoms with Crippen LogP contribution in [0.25, 0.3) is 0 Å². The van der Waals surface area contributed by atoms with Crippen molar-refractivity contribution in [3.63, 3.8) is 0 Å². The molecule has 0 unspecified atom stereocenters. The van der Waals surface area contributed by atoms with Gasteiger partial charge in [0.1, 0.15) is 10.1 Å². The summed E-state index contributed by atoms with van der Waals surface area (Å²) in [6, 6.07) is 7.98. The minimum atomic E-state index is -0.883. The van der Waals surface area contributed by atoms with Crippen molar-refractivity contribution in [1.82, 2.24) is 5.32 Å². The van der Waals surface area contributed by atoms with E-state index in [0.29, 0.717) is 11.8 Å². The number of carbonyl (C=O) groups is 1. The summed E-state index contributed by atoms with van der Waals surface area (Å²) in [5, 5.41) is 2.97. The molecule has 2 aliphatic rings. The molecule has 0 aliphatic heterocycles. The van der Waals surface area contributed by atoms with Crippen LogP contribution in [-0.4, -0.2) is 21.9 Å². The molecule has 2 aliphatic carbocycles. The molecule has 1 aromatic carbocycles. The Hall–Kier alpha value is -0.930. The van der Waals surface area contributed by atoms with Crippen molar-refractivity contribution >= 4 is 29.1 Å². The van der Waals surface area contributed by atoms with Crippen LogP contribution in [0.3, 0.4) is 0 Å². The van der Waals surface area contributed by atoms with Gasteiger partial charge in [0, 0.05) is 12.0 Å². The molecule has 2 saturated carbocycles. The monoisotopic (exact) mass is 327 g/mol. The van der Waals surface area contributed by atoms with Crippen LogP contribution in [0.1, 0.15) is 44.6 Å². The molecule has 0 aromatic heterocycles. The van der Waals surface area contributed by atoms with E-state index in [0.717, 1.165) is 24.8 Å². The van der Waals surface area contributed by atoms with Crippen molar-refractivity contribution in [1.29, 1.82) is 0 Å². The van der Waals surface area contributed by atoms with Gasteiger partial charge in [-0.1, -0.05) is 12.1 Å². The highest BCUT2D eigenvalue weighted by atomic mass is 35.5. The Morgan fingerprint density at radius 2 is 1.86 bits per heavy atom. The van der Waals surface area contributed by atoms with Gasteiger partial charge in [0.05, 0.1) is 0 Å². The molecule has 2 fully saturated rings. The molecule has 5 heteroatoms. The van der Waals surface area contributed by atoms with E-state index in [-0.39, 0.29) is 11.8 Å². The van der Waals surface area contributed by atoms with Crippen LogP contribution >= 0.6 is 23.2 Å². The number of ether oxygens (including phenoxy) is 1. The highest BCUT2D eigenvalue weighted by Gasteiger charge is 2.52. The maximum Gasteiger partial charge on any atom is 0.263 e. The Morgan fingerprint density at radius 1 is 1.29 bits per heavy atom. The first kappa shape index (κ1) is 15.0. The molecule has 0 bridgehead atoms. The van der Waals surface area contributed by atoms with Gasteiger partial charge in [-0.2, -0.15) is 0 Å². The van der Waals surface area contributed by atoms with Crippen molar-refractivity contribution in [2.45, 2.75) is 55.0 Å². The van der Waals surface area contributed by atoms with Gasteiger partial charge in [-0.3, -0.25) is 4.79 Å². The van der Waals surface area contributed by atoms with Crippen LogP contribution in [0, 0.1) is 0 Å². The van der Waals surface area contributed by atoms with E-state index in [1.807, 2.05) is 24.3 Å². The van der Waals surface area contributed by atoms with Gasteiger partial charge in [-0.15, -0.1) is 23.2 Å². The van der Waals surface area contributed by atoms with Crippen molar-refractivity contribution in [3.05, 3.63) is 29.8 Å². The Labute approximate surface area is 135 Å². The molecular weight excluding hydrogens is 309 g/mol. The fraction of sp³-hybridized carbons (Fsp3) is 0.562. The summed E-state index contributed by atoms with van der Waals surface area (Å²) in [6.45, 7) is 3.56. The number of carbonyl (C=O) groups excluding carboxylic acids is 1. The number of amides is 1. The first-order valence-electron chi connectivity index (χ1n) is 7.26. The van der Waals surface area contributed by atoms with Crippen molar-refractivity contribution in [2.75, 3.05) is 0 Å². The fourth-order valence-corrected chi connectivity index (χ4v) is 2.83. The lowest BCUT2D eigenvalue weighted by atomic mass is 10.1. The van der Waals surface area contributed by atoms with Crippen LogP contribution in [0.2, 0.25) is 0 Å². The number of hydrogen-bond acceptors (Lipinski definition) is 2. The third-order valence-corrected chi connectivity index (χ3v) is 4.78.